The van der Waals surface area contributed by atoms with Crippen molar-refractivity contribution in [2.24, 2.45) is 0 Å². The molecular formula is C11H7Cl3N2O. The minimum absolute atomic E-state index is 0.220. The quantitative estimate of drug-likeness (QED) is 0.787. The van der Waals surface area contributed by atoms with Gasteiger partial charge in [0.15, 0.2) is 0 Å². The number of aromatic nitrogens is 2. The first-order chi connectivity index (χ1) is 7.99. The van der Waals surface area contributed by atoms with Crippen LogP contribution in [0.25, 0.3) is 5.69 Å². The number of carbonyl (C=O) groups excluding carboxylic acids is 1. The van der Waals surface area contributed by atoms with Crippen molar-refractivity contribution in [2.45, 2.75) is 6.92 Å². The number of halogens is 3. The third-order valence-electron chi connectivity index (χ3n) is 2.24. The van der Waals surface area contributed by atoms with Crippen molar-refractivity contribution in [3.8, 4) is 5.69 Å². The van der Waals surface area contributed by atoms with Gasteiger partial charge >= 0.3 is 0 Å². The van der Waals surface area contributed by atoms with Crippen molar-refractivity contribution in [3.05, 3.63) is 45.7 Å². The van der Waals surface area contributed by atoms with Crippen molar-refractivity contribution in [2.75, 3.05) is 0 Å². The van der Waals surface area contributed by atoms with Gasteiger partial charge in [0.25, 0.3) is 5.24 Å². The van der Waals surface area contributed by atoms with Gasteiger partial charge < -0.3 is 0 Å². The van der Waals surface area contributed by atoms with Crippen LogP contribution in [0.2, 0.25) is 10.0 Å². The molecule has 88 valence electrons. The fourth-order valence-corrected chi connectivity index (χ4v) is 2.13. The Morgan fingerprint density at radius 2 is 2.06 bits per heavy atom. The number of nitrogens with zero attached hydrogens (tertiary/aromatic N) is 2. The highest BCUT2D eigenvalue weighted by Crippen LogP contribution is 2.24. The van der Waals surface area contributed by atoms with E-state index in [1.54, 1.807) is 31.3 Å². The fraction of sp³-hybridized carbons (Fsp3) is 0.0909. The van der Waals surface area contributed by atoms with Crippen molar-refractivity contribution in [1.82, 2.24) is 9.78 Å². The molecule has 0 bridgehead atoms. The second-order valence-electron chi connectivity index (χ2n) is 3.47. The lowest BCUT2D eigenvalue weighted by Gasteiger charge is -2.03. The van der Waals surface area contributed by atoms with Gasteiger partial charge in [-0.05, 0) is 42.3 Å². The Hall–Kier alpha value is -1.03. The molecule has 6 heteroatoms. The number of hydrogen-bond acceptors (Lipinski definition) is 2. The van der Waals surface area contributed by atoms with E-state index in [1.807, 2.05) is 0 Å². The fourth-order valence-electron chi connectivity index (χ4n) is 1.44. The number of benzene rings is 1. The zero-order chi connectivity index (χ0) is 12.6. The van der Waals surface area contributed by atoms with E-state index in [9.17, 15) is 4.79 Å². The van der Waals surface area contributed by atoms with Gasteiger partial charge in [0.2, 0.25) is 0 Å². The minimum Gasteiger partial charge on any atom is -0.274 e. The molecule has 0 saturated heterocycles. The average Bonchev–Trinajstić information content (AvgIpc) is 2.60. The van der Waals surface area contributed by atoms with Crippen molar-refractivity contribution in [3.63, 3.8) is 0 Å². The maximum absolute atomic E-state index is 11.1. The summed E-state index contributed by atoms with van der Waals surface area (Å²) in [5.74, 6) is 0. The van der Waals surface area contributed by atoms with Crippen LogP contribution in [0.3, 0.4) is 0 Å². The number of hydrogen-bond donors (Lipinski definition) is 0. The molecule has 0 spiro atoms. The van der Waals surface area contributed by atoms with Gasteiger partial charge in [-0.25, -0.2) is 4.68 Å². The summed E-state index contributed by atoms with van der Waals surface area (Å²) in [5.41, 5.74) is 1.55. The number of carbonyl (C=O) groups is 1. The van der Waals surface area contributed by atoms with E-state index in [1.165, 1.54) is 4.68 Å². The van der Waals surface area contributed by atoms with E-state index in [-0.39, 0.29) is 5.69 Å². The Morgan fingerprint density at radius 1 is 1.35 bits per heavy atom. The first kappa shape index (κ1) is 12.4. The molecular weight excluding hydrogens is 282 g/mol. The van der Waals surface area contributed by atoms with Gasteiger partial charge in [0.1, 0.15) is 5.69 Å². The van der Waals surface area contributed by atoms with Crippen molar-refractivity contribution in [1.29, 1.82) is 0 Å². The summed E-state index contributed by atoms with van der Waals surface area (Å²) in [6, 6.07) is 5.03. The molecule has 2 rings (SSSR count). The van der Waals surface area contributed by atoms with Crippen LogP contribution in [0.15, 0.2) is 24.4 Å². The van der Waals surface area contributed by atoms with E-state index in [0.717, 1.165) is 0 Å². The molecule has 0 aliphatic rings. The predicted molar refractivity (Wildman–Crippen MR) is 68.5 cm³/mol. The zero-order valence-corrected chi connectivity index (χ0v) is 11.0. The third-order valence-corrected chi connectivity index (χ3v) is 2.96. The molecule has 17 heavy (non-hydrogen) atoms. The van der Waals surface area contributed by atoms with Gasteiger partial charge in [0.05, 0.1) is 10.7 Å². The molecule has 2 aromatic rings. The Labute approximate surface area is 113 Å². The molecule has 0 N–H and O–H groups in total. The molecule has 0 aliphatic carbocycles. The first-order valence-corrected chi connectivity index (χ1v) is 5.84. The Kier molecular flexibility index (Phi) is 3.43. The highest BCUT2D eigenvalue weighted by Gasteiger charge is 2.13. The van der Waals surface area contributed by atoms with Crippen molar-refractivity contribution >= 4 is 40.0 Å². The van der Waals surface area contributed by atoms with E-state index in [4.69, 9.17) is 34.8 Å². The molecule has 0 unspecified atom stereocenters. The lowest BCUT2D eigenvalue weighted by molar-refractivity contribution is 0.107. The zero-order valence-electron chi connectivity index (χ0n) is 8.75. The lowest BCUT2D eigenvalue weighted by Crippen LogP contribution is -1.98. The van der Waals surface area contributed by atoms with Gasteiger partial charge in [-0.2, -0.15) is 5.10 Å². The predicted octanol–water partition coefficient (Wildman–Crippen LogP) is 3.87. The van der Waals surface area contributed by atoms with Crippen LogP contribution in [-0.4, -0.2) is 15.0 Å². The molecule has 0 fully saturated rings. The summed E-state index contributed by atoms with van der Waals surface area (Å²) in [5, 5.41) is 4.48. The average molecular weight is 290 g/mol. The first-order valence-electron chi connectivity index (χ1n) is 4.70. The summed E-state index contributed by atoms with van der Waals surface area (Å²) in [7, 11) is 0. The Bertz CT molecular complexity index is 592. The Balaban J connectivity index is 2.53. The van der Waals surface area contributed by atoms with Gasteiger partial charge in [0, 0.05) is 11.2 Å². The van der Waals surface area contributed by atoms with Gasteiger partial charge in [-0.3, -0.25) is 4.79 Å². The molecule has 0 radical (unpaired) electrons. The van der Waals surface area contributed by atoms with Crippen molar-refractivity contribution < 1.29 is 4.79 Å². The van der Waals surface area contributed by atoms with E-state index < -0.39 is 5.24 Å². The van der Waals surface area contributed by atoms with Crippen LogP contribution in [0, 0.1) is 6.92 Å². The smallest absolute Gasteiger partial charge is 0.272 e. The summed E-state index contributed by atoms with van der Waals surface area (Å²) in [6.07, 6.45) is 1.69. The largest absolute Gasteiger partial charge is 0.274 e. The van der Waals surface area contributed by atoms with E-state index >= 15 is 0 Å². The maximum atomic E-state index is 11.1. The summed E-state index contributed by atoms with van der Waals surface area (Å²) < 4.78 is 1.50. The van der Waals surface area contributed by atoms with Crippen LogP contribution < -0.4 is 0 Å². The number of rotatable bonds is 2. The summed E-state index contributed by atoms with van der Waals surface area (Å²) in [4.78, 5) is 11.1. The topological polar surface area (TPSA) is 34.9 Å². The van der Waals surface area contributed by atoms with E-state index in [2.05, 4.69) is 5.10 Å². The lowest BCUT2D eigenvalue weighted by atomic mass is 10.3. The SMILES string of the molecule is Cc1cn(-c2ccc(Cl)cc2Cl)nc1C(=O)Cl. The van der Waals surface area contributed by atoms with Crippen LogP contribution >= 0.6 is 34.8 Å². The monoisotopic (exact) mass is 288 g/mol. The summed E-state index contributed by atoms with van der Waals surface area (Å²) in [6.45, 7) is 1.75. The molecule has 1 aromatic carbocycles. The van der Waals surface area contributed by atoms with Crippen LogP contribution in [0.4, 0.5) is 0 Å². The molecule has 0 atom stereocenters. The second kappa shape index (κ2) is 4.69. The molecule has 0 saturated carbocycles. The van der Waals surface area contributed by atoms with Crippen LogP contribution in [0.1, 0.15) is 16.1 Å². The molecule has 0 aliphatic heterocycles. The Morgan fingerprint density at radius 3 is 2.59 bits per heavy atom. The molecule has 1 heterocycles. The number of aryl methyl sites for hydroxylation is 1. The van der Waals surface area contributed by atoms with Crippen LogP contribution in [-0.2, 0) is 0 Å². The third kappa shape index (κ3) is 2.46. The second-order valence-corrected chi connectivity index (χ2v) is 4.66. The highest BCUT2D eigenvalue weighted by atomic mass is 35.5. The van der Waals surface area contributed by atoms with Crippen LogP contribution in [0.5, 0.6) is 0 Å². The van der Waals surface area contributed by atoms with E-state index in [0.29, 0.717) is 21.3 Å². The summed E-state index contributed by atoms with van der Waals surface area (Å²) >= 11 is 17.2. The standard InChI is InChI=1S/C11H7Cl3N2O/c1-6-5-16(15-10(6)11(14)17)9-3-2-7(12)4-8(9)13/h2-5H,1H3. The molecule has 1 aromatic heterocycles. The molecule has 0 amide bonds. The van der Waals surface area contributed by atoms with Gasteiger partial charge in [-0.1, -0.05) is 23.2 Å². The molecule has 3 nitrogen and oxygen atoms in total. The highest BCUT2D eigenvalue weighted by molar-refractivity contribution is 6.67. The normalized spacial score (nSPS) is 10.6. The maximum Gasteiger partial charge on any atom is 0.272 e. The minimum atomic E-state index is -0.591. The van der Waals surface area contributed by atoms with Gasteiger partial charge in [-0.15, -0.1) is 0 Å².